The van der Waals surface area contributed by atoms with Crippen LogP contribution in [0.1, 0.15) is 76.6 Å². The molecule has 13 rings (SSSR count). The van der Waals surface area contributed by atoms with Gasteiger partial charge in [-0.2, -0.15) is 9.97 Å². The molecule has 5 heteroatoms. The number of rotatable bonds is 4. The third kappa shape index (κ3) is 5.36. The third-order valence-electron chi connectivity index (χ3n) is 15.2. The Bertz CT molecular complexity index is 3790. The molecule has 5 nitrogen and oxygen atoms in total. The highest BCUT2D eigenvalue weighted by Gasteiger charge is 2.40. The first-order valence-electron chi connectivity index (χ1n) is 23.1. The molecule has 2 aliphatic rings. The van der Waals surface area contributed by atoms with Gasteiger partial charge in [-0.1, -0.05) is 163 Å². The van der Waals surface area contributed by atoms with Gasteiger partial charge in [0.15, 0.2) is 11.6 Å². The number of nitrogens with zero attached hydrogens (tertiary/aromatic N) is 5. The van der Waals surface area contributed by atoms with E-state index in [4.69, 9.17) is 15.0 Å². The van der Waals surface area contributed by atoms with Crippen molar-refractivity contribution in [1.82, 2.24) is 24.1 Å². The molecule has 0 saturated carbocycles. The van der Waals surface area contributed by atoms with E-state index < -0.39 is 0 Å². The van der Waals surface area contributed by atoms with Gasteiger partial charge in [0.2, 0.25) is 5.95 Å². The van der Waals surface area contributed by atoms with Crippen LogP contribution in [-0.2, 0) is 16.2 Å². The number of fused-ring (bicyclic) bond motifs is 13. The van der Waals surface area contributed by atoms with Crippen LogP contribution < -0.4 is 0 Å². The van der Waals surface area contributed by atoms with E-state index in [2.05, 4.69) is 208 Å². The molecule has 11 aromatic rings. The SMILES string of the molecule is CC1(C)CCC(C)(C)c2cc3c(cc21)c1c2c4c5ccccc5ccc4n(-c4nc(-c5ccccc5)nc(-c5cccc6c5C(C)(C)c5ccccc5-6)n4)c2ccc1n3-c1ccccc1. The van der Waals surface area contributed by atoms with Crippen LogP contribution in [0.2, 0.25) is 0 Å². The minimum absolute atomic E-state index is 0.0392. The van der Waals surface area contributed by atoms with Crippen LogP contribution in [0.5, 0.6) is 0 Å². The van der Waals surface area contributed by atoms with Crippen LogP contribution in [-0.4, -0.2) is 24.1 Å². The molecule has 0 fully saturated rings. The van der Waals surface area contributed by atoms with Crippen LogP contribution in [0.15, 0.2) is 164 Å². The summed E-state index contributed by atoms with van der Waals surface area (Å²) < 4.78 is 4.81. The van der Waals surface area contributed by atoms with Crippen LogP contribution in [0, 0.1) is 0 Å². The minimum atomic E-state index is -0.254. The minimum Gasteiger partial charge on any atom is -0.309 e. The van der Waals surface area contributed by atoms with E-state index in [0.717, 1.165) is 40.7 Å². The molecule has 0 unspecified atom stereocenters. The normalized spacial score (nSPS) is 15.8. The highest BCUT2D eigenvalue weighted by molar-refractivity contribution is 6.33. The Kier molecular flexibility index (Phi) is 7.82. The van der Waals surface area contributed by atoms with Crippen molar-refractivity contribution in [3.05, 3.63) is 186 Å². The van der Waals surface area contributed by atoms with Crippen molar-refractivity contribution in [2.75, 3.05) is 0 Å². The van der Waals surface area contributed by atoms with Crippen molar-refractivity contribution in [3.63, 3.8) is 0 Å². The smallest absolute Gasteiger partial charge is 0.238 e. The lowest BCUT2D eigenvalue weighted by Crippen LogP contribution is -2.33. The lowest BCUT2D eigenvalue weighted by Gasteiger charge is -2.42. The number of hydrogen-bond donors (Lipinski definition) is 0. The molecule has 3 heterocycles. The molecule has 0 saturated heterocycles. The van der Waals surface area contributed by atoms with Gasteiger partial charge in [0.25, 0.3) is 0 Å². The van der Waals surface area contributed by atoms with Crippen LogP contribution in [0.25, 0.3) is 99.9 Å². The summed E-state index contributed by atoms with van der Waals surface area (Å²) in [6.45, 7) is 14.4. The van der Waals surface area contributed by atoms with Gasteiger partial charge in [0.05, 0.1) is 22.1 Å². The van der Waals surface area contributed by atoms with E-state index in [1.807, 2.05) is 6.07 Å². The van der Waals surface area contributed by atoms with E-state index in [1.54, 1.807) is 0 Å². The van der Waals surface area contributed by atoms with Crippen LogP contribution in [0.3, 0.4) is 0 Å². The summed E-state index contributed by atoms with van der Waals surface area (Å²) in [4.78, 5) is 16.4. The summed E-state index contributed by atoms with van der Waals surface area (Å²) in [5.41, 5.74) is 15.5. The molecular formula is C60H49N5. The van der Waals surface area contributed by atoms with Gasteiger partial charge in [-0.3, -0.25) is 4.57 Å². The monoisotopic (exact) mass is 839 g/mol. The maximum Gasteiger partial charge on any atom is 0.238 e. The zero-order valence-corrected chi connectivity index (χ0v) is 37.7. The molecule has 0 N–H and O–H groups in total. The topological polar surface area (TPSA) is 48.5 Å². The maximum absolute atomic E-state index is 5.58. The Hall–Kier alpha value is -7.37. The molecule has 0 amide bonds. The number of para-hydroxylation sites is 1. The molecule has 314 valence electrons. The van der Waals surface area contributed by atoms with Crippen molar-refractivity contribution in [2.24, 2.45) is 0 Å². The van der Waals surface area contributed by atoms with Gasteiger partial charge in [0, 0.05) is 43.8 Å². The fraction of sp³-hybridized carbons (Fsp3) is 0.183. The fourth-order valence-corrected chi connectivity index (χ4v) is 11.8. The summed E-state index contributed by atoms with van der Waals surface area (Å²) in [5.74, 6) is 1.91. The predicted octanol–water partition coefficient (Wildman–Crippen LogP) is 15.2. The van der Waals surface area contributed by atoms with Gasteiger partial charge >= 0.3 is 0 Å². The lowest BCUT2D eigenvalue weighted by atomic mass is 9.63. The van der Waals surface area contributed by atoms with E-state index in [1.165, 1.54) is 76.7 Å². The first kappa shape index (κ1) is 38.1. The Morgan fingerprint density at radius 2 is 1.00 bits per heavy atom. The molecule has 0 bridgehead atoms. The predicted molar refractivity (Wildman–Crippen MR) is 270 cm³/mol. The Morgan fingerprint density at radius 1 is 0.415 bits per heavy atom. The molecule has 65 heavy (non-hydrogen) atoms. The maximum atomic E-state index is 5.58. The summed E-state index contributed by atoms with van der Waals surface area (Å²) in [6, 6.07) is 59.8. The average Bonchev–Trinajstić information content (AvgIpc) is 3.93. The number of hydrogen-bond acceptors (Lipinski definition) is 3. The zero-order valence-electron chi connectivity index (χ0n) is 37.7. The third-order valence-corrected chi connectivity index (χ3v) is 15.2. The molecule has 8 aromatic carbocycles. The lowest BCUT2D eigenvalue weighted by molar-refractivity contribution is 0.332. The van der Waals surface area contributed by atoms with Crippen LogP contribution >= 0.6 is 0 Å². The molecule has 0 spiro atoms. The van der Waals surface area contributed by atoms with Gasteiger partial charge in [0.1, 0.15) is 0 Å². The Morgan fingerprint density at radius 3 is 1.78 bits per heavy atom. The molecule has 3 aromatic heterocycles. The molecule has 0 radical (unpaired) electrons. The second-order valence-electron chi connectivity index (χ2n) is 20.3. The van der Waals surface area contributed by atoms with Gasteiger partial charge in [-0.05, 0) is 110 Å². The Labute approximate surface area is 379 Å². The van der Waals surface area contributed by atoms with E-state index in [-0.39, 0.29) is 16.2 Å². The average molecular weight is 840 g/mol. The van der Waals surface area contributed by atoms with E-state index in [0.29, 0.717) is 17.6 Å². The number of benzene rings is 8. The highest BCUT2D eigenvalue weighted by atomic mass is 15.2. The van der Waals surface area contributed by atoms with Crippen molar-refractivity contribution in [2.45, 2.75) is 70.6 Å². The van der Waals surface area contributed by atoms with Crippen molar-refractivity contribution < 1.29 is 0 Å². The first-order valence-corrected chi connectivity index (χ1v) is 23.1. The van der Waals surface area contributed by atoms with Crippen molar-refractivity contribution in [1.29, 1.82) is 0 Å². The summed E-state index contributed by atoms with van der Waals surface area (Å²) in [5, 5.41) is 7.34. The largest absolute Gasteiger partial charge is 0.309 e. The summed E-state index contributed by atoms with van der Waals surface area (Å²) in [6.07, 6.45) is 2.30. The molecular weight excluding hydrogens is 791 g/mol. The second-order valence-corrected chi connectivity index (χ2v) is 20.3. The second kappa shape index (κ2) is 13.3. The van der Waals surface area contributed by atoms with Gasteiger partial charge in [-0.15, -0.1) is 0 Å². The van der Waals surface area contributed by atoms with Crippen molar-refractivity contribution in [3.8, 4) is 45.5 Å². The summed E-state index contributed by atoms with van der Waals surface area (Å²) >= 11 is 0. The standard InChI is InChI=1S/C60H49N5/c1-58(2)32-33-59(3,4)46-35-50-43(34-45(46)58)52-47(64(50)38-21-11-8-12-22-38)30-31-49-53(52)51-39-23-14-13-18-36(39)28-29-48(51)65(49)57-62-55(37-19-9-7-10-20-37)61-56(63-57)42-26-17-25-41-40-24-15-16-27-44(40)60(5,6)54(41)42/h7-31,34-35H,32-33H2,1-6H3. The Balaban J connectivity index is 1.18. The molecule has 0 atom stereocenters. The summed E-state index contributed by atoms with van der Waals surface area (Å²) in [7, 11) is 0. The molecule has 2 aliphatic carbocycles. The van der Waals surface area contributed by atoms with Crippen LogP contribution in [0.4, 0.5) is 0 Å². The van der Waals surface area contributed by atoms with Gasteiger partial charge in [-0.25, -0.2) is 4.98 Å². The van der Waals surface area contributed by atoms with Gasteiger partial charge < -0.3 is 4.57 Å². The quantitative estimate of drug-likeness (QED) is 0.177. The zero-order chi connectivity index (χ0) is 44.0. The first-order chi connectivity index (χ1) is 31.5. The highest BCUT2D eigenvalue weighted by Crippen LogP contribution is 2.53. The van der Waals surface area contributed by atoms with E-state index >= 15 is 0 Å². The van der Waals surface area contributed by atoms with E-state index in [9.17, 15) is 0 Å². The number of aromatic nitrogens is 5. The fourth-order valence-electron chi connectivity index (χ4n) is 11.8. The molecule has 0 aliphatic heterocycles. The van der Waals surface area contributed by atoms with Crippen molar-refractivity contribution >= 4 is 54.4 Å².